The van der Waals surface area contributed by atoms with Gasteiger partial charge in [-0.3, -0.25) is 0 Å². The number of para-hydroxylation sites is 1. The number of aromatic nitrogens is 1. The molecule has 0 unspecified atom stereocenters. The van der Waals surface area contributed by atoms with Gasteiger partial charge in [-0.25, -0.2) is 9.37 Å². The molecule has 1 aliphatic heterocycles. The molecule has 25 heavy (non-hydrogen) atoms. The highest BCUT2D eigenvalue weighted by Gasteiger charge is 2.14. The Balaban J connectivity index is 1.60. The van der Waals surface area contributed by atoms with E-state index >= 15 is 0 Å². The van der Waals surface area contributed by atoms with Gasteiger partial charge in [-0.05, 0) is 35.9 Å². The maximum Gasteiger partial charge on any atom is 0.146 e. The van der Waals surface area contributed by atoms with E-state index in [1.807, 2.05) is 24.3 Å². The number of fused-ring (bicyclic) bond motifs is 1. The third kappa shape index (κ3) is 3.56. The molecule has 0 radical (unpaired) electrons. The molecule has 0 atom stereocenters. The van der Waals surface area contributed by atoms with Crippen molar-refractivity contribution in [2.24, 2.45) is 0 Å². The van der Waals surface area contributed by atoms with Crippen molar-refractivity contribution in [3.05, 3.63) is 66.0 Å². The number of morpholine rings is 1. The summed E-state index contributed by atoms with van der Waals surface area (Å²) in [6.45, 7) is 3.52. The zero-order valence-corrected chi connectivity index (χ0v) is 13.8. The SMILES string of the molecule is Fc1ccc(COc2cccc3ccc(N4CCOCC4)nc23)cc1. The summed E-state index contributed by atoms with van der Waals surface area (Å²) < 4.78 is 24.4. The Bertz CT molecular complexity index is 861. The van der Waals surface area contributed by atoms with Crippen molar-refractivity contribution in [1.29, 1.82) is 0 Å². The Morgan fingerprint density at radius 3 is 2.60 bits per heavy atom. The van der Waals surface area contributed by atoms with Crippen LogP contribution in [0.3, 0.4) is 0 Å². The standard InChI is InChI=1S/C20H19FN2O2/c21-17-7-4-15(5-8-17)14-25-18-3-1-2-16-6-9-19(22-20(16)18)23-10-12-24-13-11-23/h1-9H,10-14H2. The fourth-order valence-electron chi connectivity index (χ4n) is 2.94. The minimum atomic E-state index is -0.245. The third-order valence-electron chi connectivity index (χ3n) is 4.31. The van der Waals surface area contributed by atoms with Crippen LogP contribution in [0.1, 0.15) is 5.56 Å². The van der Waals surface area contributed by atoms with Gasteiger partial charge in [0.05, 0.1) is 13.2 Å². The van der Waals surface area contributed by atoms with Gasteiger partial charge in [-0.2, -0.15) is 0 Å². The number of benzene rings is 2. The highest BCUT2D eigenvalue weighted by atomic mass is 19.1. The number of hydrogen-bond acceptors (Lipinski definition) is 4. The van der Waals surface area contributed by atoms with Gasteiger partial charge in [0.1, 0.15) is 29.5 Å². The number of nitrogens with zero attached hydrogens (tertiary/aromatic N) is 2. The number of rotatable bonds is 4. The van der Waals surface area contributed by atoms with E-state index in [0.29, 0.717) is 6.61 Å². The van der Waals surface area contributed by atoms with Gasteiger partial charge in [0.15, 0.2) is 0 Å². The van der Waals surface area contributed by atoms with Crippen molar-refractivity contribution in [3.63, 3.8) is 0 Å². The van der Waals surface area contributed by atoms with E-state index in [1.54, 1.807) is 12.1 Å². The quantitative estimate of drug-likeness (QED) is 0.725. The molecule has 2 heterocycles. The van der Waals surface area contributed by atoms with E-state index in [0.717, 1.165) is 54.3 Å². The lowest BCUT2D eigenvalue weighted by Gasteiger charge is -2.28. The maximum absolute atomic E-state index is 13.0. The summed E-state index contributed by atoms with van der Waals surface area (Å²) >= 11 is 0. The van der Waals surface area contributed by atoms with Crippen LogP contribution in [0.4, 0.5) is 10.2 Å². The van der Waals surface area contributed by atoms with E-state index in [4.69, 9.17) is 14.5 Å². The van der Waals surface area contributed by atoms with E-state index < -0.39 is 0 Å². The summed E-state index contributed by atoms with van der Waals surface area (Å²) in [4.78, 5) is 7.03. The van der Waals surface area contributed by atoms with Crippen LogP contribution in [0.25, 0.3) is 10.9 Å². The number of hydrogen-bond donors (Lipinski definition) is 0. The van der Waals surface area contributed by atoms with Crippen molar-refractivity contribution >= 4 is 16.7 Å². The molecule has 5 heteroatoms. The minimum absolute atomic E-state index is 0.245. The lowest BCUT2D eigenvalue weighted by Crippen LogP contribution is -2.36. The molecule has 0 spiro atoms. The van der Waals surface area contributed by atoms with Gasteiger partial charge in [-0.15, -0.1) is 0 Å². The zero-order valence-electron chi connectivity index (χ0n) is 13.8. The average Bonchev–Trinajstić information content (AvgIpc) is 2.68. The van der Waals surface area contributed by atoms with Gasteiger partial charge < -0.3 is 14.4 Å². The second-order valence-electron chi connectivity index (χ2n) is 6.01. The molecule has 1 fully saturated rings. The van der Waals surface area contributed by atoms with E-state index in [-0.39, 0.29) is 5.82 Å². The topological polar surface area (TPSA) is 34.6 Å². The molecular formula is C20H19FN2O2. The molecule has 4 rings (SSSR count). The molecule has 0 saturated carbocycles. The molecule has 2 aromatic carbocycles. The largest absolute Gasteiger partial charge is 0.487 e. The number of ether oxygens (including phenoxy) is 2. The average molecular weight is 338 g/mol. The van der Waals surface area contributed by atoms with Gasteiger partial charge in [0.2, 0.25) is 0 Å². The number of pyridine rings is 1. The molecule has 0 bridgehead atoms. The first-order chi connectivity index (χ1) is 12.3. The Morgan fingerprint density at radius 2 is 1.80 bits per heavy atom. The van der Waals surface area contributed by atoms with Crippen LogP contribution in [0, 0.1) is 5.82 Å². The maximum atomic E-state index is 13.0. The summed E-state index contributed by atoms with van der Waals surface area (Å²) in [7, 11) is 0. The van der Waals surface area contributed by atoms with Crippen LogP contribution in [-0.2, 0) is 11.3 Å². The van der Waals surface area contributed by atoms with Gasteiger partial charge in [0, 0.05) is 18.5 Å². The highest BCUT2D eigenvalue weighted by Crippen LogP contribution is 2.27. The molecule has 3 aromatic rings. The first-order valence-corrected chi connectivity index (χ1v) is 8.39. The van der Waals surface area contributed by atoms with Crippen LogP contribution in [-0.4, -0.2) is 31.3 Å². The molecule has 1 aromatic heterocycles. The Morgan fingerprint density at radius 1 is 1.00 bits per heavy atom. The lowest BCUT2D eigenvalue weighted by atomic mass is 10.2. The second-order valence-corrected chi connectivity index (χ2v) is 6.01. The molecule has 128 valence electrons. The Hall–Kier alpha value is -2.66. The second kappa shape index (κ2) is 7.07. The molecule has 4 nitrogen and oxygen atoms in total. The van der Waals surface area contributed by atoms with Crippen molar-refractivity contribution in [1.82, 2.24) is 4.98 Å². The Kier molecular flexibility index (Phi) is 4.48. The lowest BCUT2D eigenvalue weighted by molar-refractivity contribution is 0.122. The summed E-state index contributed by atoms with van der Waals surface area (Å²) in [5.41, 5.74) is 1.76. The normalized spacial score (nSPS) is 14.7. The summed E-state index contributed by atoms with van der Waals surface area (Å²) in [5, 5.41) is 1.04. The van der Waals surface area contributed by atoms with Crippen LogP contribution in [0.15, 0.2) is 54.6 Å². The van der Waals surface area contributed by atoms with Crippen LogP contribution < -0.4 is 9.64 Å². The van der Waals surface area contributed by atoms with Crippen molar-refractivity contribution in [2.45, 2.75) is 6.61 Å². The smallest absolute Gasteiger partial charge is 0.146 e. The van der Waals surface area contributed by atoms with Crippen molar-refractivity contribution in [3.8, 4) is 5.75 Å². The Labute approximate surface area is 145 Å². The van der Waals surface area contributed by atoms with Gasteiger partial charge in [0.25, 0.3) is 0 Å². The van der Waals surface area contributed by atoms with Crippen LogP contribution >= 0.6 is 0 Å². The summed E-state index contributed by atoms with van der Waals surface area (Å²) in [6, 6.07) is 16.3. The molecule has 1 aliphatic rings. The van der Waals surface area contributed by atoms with Gasteiger partial charge in [-0.1, -0.05) is 24.3 Å². The highest BCUT2D eigenvalue weighted by molar-refractivity contribution is 5.86. The third-order valence-corrected chi connectivity index (χ3v) is 4.31. The summed E-state index contributed by atoms with van der Waals surface area (Å²) in [5.74, 6) is 1.43. The minimum Gasteiger partial charge on any atom is -0.487 e. The number of anilines is 1. The van der Waals surface area contributed by atoms with E-state index in [1.165, 1.54) is 12.1 Å². The van der Waals surface area contributed by atoms with Gasteiger partial charge >= 0.3 is 0 Å². The van der Waals surface area contributed by atoms with E-state index in [2.05, 4.69) is 11.0 Å². The predicted octanol–water partition coefficient (Wildman–Crippen LogP) is 3.79. The molecule has 1 saturated heterocycles. The fraction of sp³-hybridized carbons (Fsp3) is 0.250. The van der Waals surface area contributed by atoms with Crippen LogP contribution in [0.2, 0.25) is 0 Å². The summed E-state index contributed by atoms with van der Waals surface area (Å²) in [6.07, 6.45) is 0. The number of halogens is 1. The fourth-order valence-corrected chi connectivity index (χ4v) is 2.94. The molecule has 0 amide bonds. The first-order valence-electron chi connectivity index (χ1n) is 8.39. The first kappa shape index (κ1) is 15.8. The zero-order chi connectivity index (χ0) is 17.1. The monoisotopic (exact) mass is 338 g/mol. The van der Waals surface area contributed by atoms with Crippen LogP contribution in [0.5, 0.6) is 5.75 Å². The molecule has 0 aliphatic carbocycles. The van der Waals surface area contributed by atoms with E-state index in [9.17, 15) is 4.39 Å². The van der Waals surface area contributed by atoms with Crippen molar-refractivity contribution in [2.75, 3.05) is 31.2 Å². The molecule has 0 N–H and O–H groups in total. The predicted molar refractivity (Wildman–Crippen MR) is 95.5 cm³/mol. The molecular weight excluding hydrogens is 319 g/mol. The van der Waals surface area contributed by atoms with Crippen molar-refractivity contribution < 1.29 is 13.9 Å².